The number of likely N-dealkylation sites (tertiary alicyclic amines) is 1. The van der Waals surface area contributed by atoms with Crippen molar-refractivity contribution < 1.29 is 14.0 Å². The highest BCUT2D eigenvalue weighted by Gasteiger charge is 2.28. The molecule has 4 rings (SSSR count). The van der Waals surface area contributed by atoms with Gasteiger partial charge in [0.25, 0.3) is 5.91 Å². The van der Waals surface area contributed by atoms with Crippen LogP contribution in [0.3, 0.4) is 0 Å². The minimum Gasteiger partial charge on any atom is -0.463 e. The lowest BCUT2D eigenvalue weighted by atomic mass is 9.97. The number of carbonyl (C=O) groups is 2. The van der Waals surface area contributed by atoms with Crippen molar-refractivity contribution in [3.05, 3.63) is 36.1 Å². The number of amides is 2. The first-order valence-corrected chi connectivity index (χ1v) is 9.49. The second kappa shape index (κ2) is 8.76. The van der Waals surface area contributed by atoms with Gasteiger partial charge in [-0.05, 0) is 44.2 Å². The first-order valence-electron chi connectivity index (χ1n) is 9.49. The van der Waals surface area contributed by atoms with E-state index in [0.29, 0.717) is 24.6 Å². The summed E-state index contributed by atoms with van der Waals surface area (Å²) in [6.07, 6.45) is 5.53. The van der Waals surface area contributed by atoms with E-state index < -0.39 is 0 Å². The number of nitrogens with zero attached hydrogens (tertiary/aromatic N) is 1. The fraction of sp³-hybridized carbons (Fsp3) is 0.500. The fourth-order valence-electron chi connectivity index (χ4n) is 4.01. The van der Waals surface area contributed by atoms with E-state index in [9.17, 15) is 9.59 Å². The number of furan rings is 1. The third kappa shape index (κ3) is 4.28. The Balaban J connectivity index is 0.00000210. The summed E-state index contributed by atoms with van der Waals surface area (Å²) in [7, 11) is 0. The number of para-hydroxylation sites is 1. The summed E-state index contributed by atoms with van der Waals surface area (Å²) < 4.78 is 5.51. The Morgan fingerprint density at radius 3 is 2.89 bits per heavy atom. The van der Waals surface area contributed by atoms with Crippen LogP contribution in [-0.4, -0.2) is 48.9 Å². The number of piperidine rings is 1. The summed E-state index contributed by atoms with van der Waals surface area (Å²) in [6, 6.07) is 7.56. The lowest BCUT2D eigenvalue weighted by molar-refractivity contribution is -0.123. The van der Waals surface area contributed by atoms with E-state index in [1.54, 1.807) is 6.26 Å². The molecule has 2 amide bonds. The molecule has 3 heterocycles. The molecule has 2 aliphatic rings. The summed E-state index contributed by atoms with van der Waals surface area (Å²) in [4.78, 5) is 27.0. The first kappa shape index (κ1) is 19.7. The van der Waals surface area contributed by atoms with Gasteiger partial charge in [0.05, 0.1) is 11.6 Å². The van der Waals surface area contributed by atoms with Crippen LogP contribution in [0.1, 0.15) is 36.0 Å². The predicted molar refractivity (Wildman–Crippen MR) is 106 cm³/mol. The van der Waals surface area contributed by atoms with Crippen molar-refractivity contribution in [1.29, 1.82) is 0 Å². The Morgan fingerprint density at radius 2 is 2.07 bits per heavy atom. The van der Waals surface area contributed by atoms with Crippen LogP contribution in [-0.2, 0) is 4.79 Å². The van der Waals surface area contributed by atoms with Crippen LogP contribution in [0.4, 0.5) is 0 Å². The largest absolute Gasteiger partial charge is 0.463 e. The molecule has 2 saturated heterocycles. The van der Waals surface area contributed by atoms with Crippen LogP contribution < -0.4 is 10.6 Å². The smallest absolute Gasteiger partial charge is 0.257 e. The molecular weight excluding hydrogens is 366 g/mol. The van der Waals surface area contributed by atoms with E-state index in [1.807, 2.05) is 29.2 Å². The molecule has 2 unspecified atom stereocenters. The van der Waals surface area contributed by atoms with Crippen molar-refractivity contribution in [3.8, 4) is 0 Å². The predicted octanol–water partition coefficient (Wildman–Crippen LogP) is 2.58. The average molecular weight is 392 g/mol. The quantitative estimate of drug-likeness (QED) is 0.840. The number of benzene rings is 1. The molecule has 0 saturated carbocycles. The maximum Gasteiger partial charge on any atom is 0.257 e. The molecule has 2 atom stereocenters. The van der Waals surface area contributed by atoms with Crippen LogP contribution in [0.2, 0.25) is 0 Å². The highest BCUT2D eigenvalue weighted by atomic mass is 35.5. The summed E-state index contributed by atoms with van der Waals surface area (Å²) in [5, 5.41) is 7.14. The van der Waals surface area contributed by atoms with Gasteiger partial charge < -0.3 is 20.0 Å². The third-order valence-corrected chi connectivity index (χ3v) is 5.46. The second-order valence-corrected chi connectivity index (χ2v) is 7.30. The number of rotatable bonds is 4. The van der Waals surface area contributed by atoms with Crippen molar-refractivity contribution in [2.24, 2.45) is 5.92 Å². The van der Waals surface area contributed by atoms with Gasteiger partial charge in [-0.2, -0.15) is 0 Å². The second-order valence-electron chi connectivity index (χ2n) is 7.30. The number of fused-ring (bicyclic) bond motifs is 1. The Kier molecular flexibility index (Phi) is 6.39. The Hall–Kier alpha value is -2.05. The summed E-state index contributed by atoms with van der Waals surface area (Å²) in [5.74, 6) is 0.409. The summed E-state index contributed by atoms with van der Waals surface area (Å²) in [6.45, 7) is 2.99. The van der Waals surface area contributed by atoms with E-state index in [2.05, 4.69) is 10.6 Å². The molecule has 7 heteroatoms. The zero-order valence-electron chi connectivity index (χ0n) is 15.3. The molecular formula is C20H26ClN3O3. The van der Waals surface area contributed by atoms with Crippen LogP contribution in [0.15, 0.2) is 34.9 Å². The minimum absolute atomic E-state index is 0. The van der Waals surface area contributed by atoms with Gasteiger partial charge in [-0.25, -0.2) is 0 Å². The topological polar surface area (TPSA) is 74.6 Å². The monoisotopic (exact) mass is 391 g/mol. The van der Waals surface area contributed by atoms with Crippen LogP contribution in [0.5, 0.6) is 0 Å². The SMILES string of the molecule is Cl.O=C(NCC1CCCN(C(=O)c2coc3ccccc23)C1)C1CCCN1. The average Bonchev–Trinajstić information content (AvgIpc) is 3.35. The molecule has 0 radical (unpaired) electrons. The van der Waals surface area contributed by atoms with Gasteiger partial charge in [-0.15, -0.1) is 12.4 Å². The zero-order valence-corrected chi connectivity index (χ0v) is 16.1. The molecule has 0 spiro atoms. The van der Waals surface area contributed by atoms with E-state index in [0.717, 1.165) is 49.7 Å². The molecule has 6 nitrogen and oxygen atoms in total. The Morgan fingerprint density at radius 1 is 1.22 bits per heavy atom. The number of hydrogen-bond donors (Lipinski definition) is 2. The van der Waals surface area contributed by atoms with Gasteiger partial charge in [0, 0.05) is 25.0 Å². The van der Waals surface area contributed by atoms with Crippen LogP contribution in [0.25, 0.3) is 11.0 Å². The molecule has 27 heavy (non-hydrogen) atoms. The number of carbonyl (C=O) groups excluding carboxylic acids is 2. The number of nitrogens with one attached hydrogen (secondary N) is 2. The Labute approximate surface area is 165 Å². The van der Waals surface area contributed by atoms with Gasteiger partial charge in [0.2, 0.25) is 5.91 Å². The van der Waals surface area contributed by atoms with Gasteiger partial charge >= 0.3 is 0 Å². The minimum atomic E-state index is -0.0476. The molecule has 1 aromatic carbocycles. The van der Waals surface area contributed by atoms with Crippen molar-refractivity contribution in [2.75, 3.05) is 26.2 Å². The Bertz CT molecular complexity index is 801. The van der Waals surface area contributed by atoms with Gasteiger partial charge in [-0.3, -0.25) is 9.59 Å². The third-order valence-electron chi connectivity index (χ3n) is 5.46. The number of hydrogen-bond acceptors (Lipinski definition) is 4. The summed E-state index contributed by atoms with van der Waals surface area (Å²) >= 11 is 0. The van der Waals surface area contributed by atoms with Gasteiger partial charge in [0.15, 0.2) is 0 Å². The van der Waals surface area contributed by atoms with E-state index in [4.69, 9.17) is 4.42 Å². The standard InChI is InChI=1S/C20H25N3O3.ClH/c24-19(17-7-3-9-21-17)22-11-14-5-4-10-23(12-14)20(25)16-13-26-18-8-2-1-6-15(16)18;/h1-2,6,8,13-14,17,21H,3-5,7,9-12H2,(H,22,24);1H. The molecule has 0 bridgehead atoms. The molecule has 0 aliphatic carbocycles. The lowest BCUT2D eigenvalue weighted by Gasteiger charge is -2.33. The highest BCUT2D eigenvalue weighted by Crippen LogP contribution is 2.24. The molecule has 1 aromatic heterocycles. The molecule has 146 valence electrons. The first-order chi connectivity index (χ1) is 12.7. The molecule has 2 N–H and O–H groups in total. The zero-order chi connectivity index (χ0) is 17.9. The van der Waals surface area contributed by atoms with Crippen LogP contribution >= 0.6 is 12.4 Å². The fourth-order valence-corrected chi connectivity index (χ4v) is 4.01. The van der Waals surface area contributed by atoms with Gasteiger partial charge in [-0.1, -0.05) is 18.2 Å². The van der Waals surface area contributed by atoms with Crippen molar-refractivity contribution in [2.45, 2.75) is 31.7 Å². The maximum absolute atomic E-state index is 12.9. The maximum atomic E-state index is 12.9. The van der Waals surface area contributed by atoms with Crippen molar-refractivity contribution in [3.63, 3.8) is 0 Å². The summed E-state index contributed by atoms with van der Waals surface area (Å²) in [5.41, 5.74) is 1.36. The van der Waals surface area contributed by atoms with E-state index in [1.165, 1.54) is 0 Å². The highest BCUT2D eigenvalue weighted by molar-refractivity contribution is 6.05. The molecule has 2 aromatic rings. The van der Waals surface area contributed by atoms with E-state index >= 15 is 0 Å². The normalized spacial score (nSPS) is 22.4. The van der Waals surface area contributed by atoms with Crippen molar-refractivity contribution in [1.82, 2.24) is 15.5 Å². The number of halogens is 1. The van der Waals surface area contributed by atoms with Gasteiger partial charge in [0.1, 0.15) is 11.8 Å². The van der Waals surface area contributed by atoms with Crippen LogP contribution in [0, 0.1) is 5.92 Å². The van der Waals surface area contributed by atoms with Crippen molar-refractivity contribution >= 4 is 35.2 Å². The molecule has 2 aliphatic heterocycles. The molecule has 2 fully saturated rings. The van der Waals surface area contributed by atoms with E-state index in [-0.39, 0.29) is 30.3 Å². The lowest BCUT2D eigenvalue weighted by Crippen LogP contribution is -2.46.